The van der Waals surface area contributed by atoms with Crippen molar-refractivity contribution in [3.8, 4) is 5.69 Å². The van der Waals surface area contributed by atoms with Crippen LogP contribution in [0.1, 0.15) is 24.4 Å². The van der Waals surface area contributed by atoms with Crippen LogP contribution in [0.15, 0.2) is 49.1 Å². The van der Waals surface area contributed by atoms with Crippen molar-refractivity contribution in [3.63, 3.8) is 0 Å². The molecule has 0 bridgehead atoms. The highest BCUT2D eigenvalue weighted by Crippen LogP contribution is 2.14. The molecule has 2 N–H and O–H groups in total. The van der Waals surface area contributed by atoms with Crippen LogP contribution in [0.4, 0.5) is 0 Å². The molecular weight excluding hydrogens is 264 g/mol. The van der Waals surface area contributed by atoms with E-state index >= 15 is 0 Å². The molecule has 3 rings (SSSR count). The van der Waals surface area contributed by atoms with Gasteiger partial charge in [-0.2, -0.15) is 10.2 Å². The van der Waals surface area contributed by atoms with E-state index in [0.29, 0.717) is 0 Å². The van der Waals surface area contributed by atoms with E-state index in [9.17, 15) is 0 Å². The Hall–Kier alpha value is -2.47. The molecule has 0 saturated carbocycles. The van der Waals surface area contributed by atoms with Crippen molar-refractivity contribution < 1.29 is 0 Å². The third kappa shape index (κ3) is 3.35. The summed E-state index contributed by atoms with van der Waals surface area (Å²) in [6, 6.07) is 10.3. The zero-order valence-electron chi connectivity index (χ0n) is 11.9. The highest BCUT2D eigenvalue weighted by Gasteiger charge is 2.08. The number of nitrogens with zero attached hydrogens (tertiary/aromatic N) is 4. The highest BCUT2D eigenvalue weighted by molar-refractivity contribution is 5.31. The lowest BCUT2D eigenvalue weighted by Crippen LogP contribution is -2.21. The van der Waals surface area contributed by atoms with Crippen LogP contribution in [-0.2, 0) is 6.42 Å². The first-order valence-electron chi connectivity index (χ1n) is 7.00. The molecule has 1 atom stereocenters. The molecule has 2 heterocycles. The van der Waals surface area contributed by atoms with Gasteiger partial charge >= 0.3 is 0 Å². The molecule has 1 aromatic carbocycles. The predicted molar refractivity (Wildman–Crippen MR) is 80.1 cm³/mol. The predicted octanol–water partition coefficient (Wildman–Crippen LogP) is 1.88. The van der Waals surface area contributed by atoms with Gasteiger partial charge in [0.15, 0.2) is 0 Å². The maximum atomic E-state index is 4.41. The van der Waals surface area contributed by atoms with Gasteiger partial charge in [0.25, 0.3) is 0 Å². The molecule has 21 heavy (non-hydrogen) atoms. The number of rotatable bonds is 6. The van der Waals surface area contributed by atoms with Gasteiger partial charge in [-0.3, -0.25) is 5.10 Å². The van der Waals surface area contributed by atoms with Crippen molar-refractivity contribution in [2.24, 2.45) is 0 Å². The van der Waals surface area contributed by atoms with Crippen LogP contribution in [0.3, 0.4) is 0 Å². The Balaban J connectivity index is 1.58. The van der Waals surface area contributed by atoms with Gasteiger partial charge in [-0.1, -0.05) is 18.2 Å². The quantitative estimate of drug-likeness (QED) is 0.724. The summed E-state index contributed by atoms with van der Waals surface area (Å²) in [4.78, 5) is 4.11. The van der Waals surface area contributed by atoms with E-state index in [0.717, 1.165) is 30.0 Å². The molecule has 0 aliphatic heterocycles. The van der Waals surface area contributed by atoms with Crippen LogP contribution >= 0.6 is 0 Å². The van der Waals surface area contributed by atoms with Crippen molar-refractivity contribution in [3.05, 3.63) is 60.4 Å². The van der Waals surface area contributed by atoms with Gasteiger partial charge in [0.05, 0.1) is 11.9 Å². The van der Waals surface area contributed by atoms with Gasteiger partial charge in [-0.15, -0.1) is 0 Å². The van der Waals surface area contributed by atoms with Crippen LogP contribution in [0, 0.1) is 0 Å². The smallest absolute Gasteiger partial charge is 0.137 e. The first kappa shape index (κ1) is 13.5. The fraction of sp³-hybridized carbons (Fsp3) is 0.267. The third-order valence-corrected chi connectivity index (χ3v) is 3.40. The first-order valence-corrected chi connectivity index (χ1v) is 7.00. The van der Waals surface area contributed by atoms with Gasteiger partial charge < -0.3 is 5.32 Å². The third-order valence-electron chi connectivity index (χ3n) is 3.40. The average molecular weight is 282 g/mol. The number of para-hydroxylation sites is 1. The summed E-state index contributed by atoms with van der Waals surface area (Å²) in [7, 11) is 0. The van der Waals surface area contributed by atoms with E-state index in [1.54, 1.807) is 0 Å². The van der Waals surface area contributed by atoms with E-state index in [2.05, 4.69) is 38.7 Å². The molecule has 2 aromatic heterocycles. The number of hydrogen-bond acceptors (Lipinski definition) is 4. The summed E-state index contributed by atoms with van der Waals surface area (Å²) >= 11 is 0. The minimum atomic E-state index is 0.241. The molecule has 0 fully saturated rings. The monoisotopic (exact) mass is 282 g/mol. The largest absolute Gasteiger partial charge is 0.310 e. The minimum absolute atomic E-state index is 0.241. The normalized spacial score (nSPS) is 12.4. The van der Waals surface area contributed by atoms with Gasteiger partial charge in [0.1, 0.15) is 12.2 Å². The second kappa shape index (κ2) is 6.32. The number of benzene rings is 1. The molecule has 0 aliphatic carbocycles. The first-order chi connectivity index (χ1) is 10.3. The molecule has 0 spiro atoms. The lowest BCUT2D eigenvalue weighted by molar-refractivity contribution is 0.570. The zero-order valence-corrected chi connectivity index (χ0v) is 11.9. The molecule has 6 nitrogen and oxygen atoms in total. The Bertz CT molecular complexity index is 659. The fourth-order valence-electron chi connectivity index (χ4n) is 2.16. The molecular formula is C15H18N6. The Morgan fingerprint density at radius 2 is 2.14 bits per heavy atom. The Kier molecular flexibility index (Phi) is 4.07. The van der Waals surface area contributed by atoms with E-state index in [1.807, 2.05) is 41.2 Å². The second-order valence-electron chi connectivity index (χ2n) is 4.91. The number of hydrogen-bond donors (Lipinski definition) is 2. The number of nitrogens with one attached hydrogen (secondary N) is 2. The van der Waals surface area contributed by atoms with Gasteiger partial charge in [0.2, 0.25) is 0 Å². The number of aromatic amines is 1. The Morgan fingerprint density at radius 3 is 2.90 bits per heavy atom. The molecule has 0 amide bonds. The van der Waals surface area contributed by atoms with E-state index in [-0.39, 0.29) is 6.04 Å². The summed E-state index contributed by atoms with van der Waals surface area (Å²) in [6.07, 6.45) is 6.32. The topological polar surface area (TPSA) is 71.4 Å². The molecule has 0 saturated heterocycles. The summed E-state index contributed by atoms with van der Waals surface area (Å²) in [5, 5.41) is 14.6. The van der Waals surface area contributed by atoms with Crippen LogP contribution in [-0.4, -0.2) is 31.5 Å². The fourth-order valence-corrected chi connectivity index (χ4v) is 2.16. The highest BCUT2D eigenvalue weighted by atomic mass is 15.3. The van der Waals surface area contributed by atoms with Crippen molar-refractivity contribution >= 4 is 0 Å². The van der Waals surface area contributed by atoms with Gasteiger partial charge in [0, 0.05) is 30.8 Å². The maximum absolute atomic E-state index is 4.41. The lowest BCUT2D eigenvalue weighted by Gasteiger charge is -2.10. The van der Waals surface area contributed by atoms with Crippen LogP contribution in [0.5, 0.6) is 0 Å². The van der Waals surface area contributed by atoms with Gasteiger partial charge in [-0.05, 0) is 19.1 Å². The maximum Gasteiger partial charge on any atom is 0.137 e. The van der Waals surface area contributed by atoms with Crippen molar-refractivity contribution in [2.75, 3.05) is 6.54 Å². The van der Waals surface area contributed by atoms with Crippen LogP contribution < -0.4 is 5.32 Å². The van der Waals surface area contributed by atoms with Crippen LogP contribution in [0.25, 0.3) is 5.69 Å². The van der Waals surface area contributed by atoms with E-state index in [1.165, 1.54) is 6.33 Å². The average Bonchev–Trinajstić information content (AvgIpc) is 3.20. The summed E-state index contributed by atoms with van der Waals surface area (Å²) in [6.45, 7) is 2.97. The van der Waals surface area contributed by atoms with Crippen molar-refractivity contribution in [2.45, 2.75) is 19.4 Å². The van der Waals surface area contributed by atoms with Crippen molar-refractivity contribution in [1.82, 2.24) is 30.3 Å². The van der Waals surface area contributed by atoms with E-state index in [4.69, 9.17) is 0 Å². The molecule has 6 heteroatoms. The lowest BCUT2D eigenvalue weighted by atomic mass is 10.2. The molecule has 108 valence electrons. The Labute approximate surface area is 123 Å². The number of H-pyrrole nitrogens is 1. The summed E-state index contributed by atoms with van der Waals surface area (Å²) in [5.74, 6) is 0.898. The van der Waals surface area contributed by atoms with Crippen LogP contribution in [0.2, 0.25) is 0 Å². The number of aromatic nitrogens is 5. The molecule has 1 unspecified atom stereocenters. The minimum Gasteiger partial charge on any atom is -0.310 e. The molecule has 0 radical (unpaired) electrons. The second-order valence-corrected chi connectivity index (χ2v) is 4.91. The summed E-state index contributed by atoms with van der Waals surface area (Å²) in [5.41, 5.74) is 2.23. The van der Waals surface area contributed by atoms with E-state index < -0.39 is 0 Å². The Morgan fingerprint density at radius 1 is 1.29 bits per heavy atom. The standard InChI is InChI=1S/C15H18N6/c1-12(16-8-7-15-17-11-18-20-15)13-9-19-21(10-13)14-5-3-2-4-6-14/h2-6,9-12,16H,7-8H2,1H3,(H,17,18,20). The zero-order chi connectivity index (χ0) is 14.5. The van der Waals surface area contributed by atoms with Gasteiger partial charge in [-0.25, -0.2) is 9.67 Å². The molecule has 3 aromatic rings. The summed E-state index contributed by atoms with van der Waals surface area (Å²) < 4.78 is 1.89. The SMILES string of the molecule is CC(NCCc1ncn[nH]1)c1cnn(-c2ccccc2)c1. The molecule has 0 aliphatic rings. The van der Waals surface area contributed by atoms with Crippen molar-refractivity contribution in [1.29, 1.82) is 0 Å².